The Morgan fingerprint density at radius 1 is 1.32 bits per heavy atom. The number of hydrogen-bond acceptors (Lipinski definition) is 4. The summed E-state index contributed by atoms with van der Waals surface area (Å²) < 4.78 is 26.4. The number of carbonyl (C=O) groups is 1. The van der Waals surface area contributed by atoms with Crippen LogP contribution in [0.25, 0.3) is 0 Å². The smallest absolute Gasteiger partial charge is 0.243 e. The highest BCUT2D eigenvalue weighted by Gasteiger charge is 2.27. The van der Waals surface area contributed by atoms with E-state index in [1.807, 2.05) is 0 Å². The van der Waals surface area contributed by atoms with Gasteiger partial charge in [0, 0.05) is 31.7 Å². The van der Waals surface area contributed by atoms with E-state index >= 15 is 0 Å². The van der Waals surface area contributed by atoms with Crippen molar-refractivity contribution in [2.45, 2.75) is 18.2 Å². The lowest BCUT2D eigenvalue weighted by atomic mass is 10.2. The highest BCUT2D eigenvalue weighted by molar-refractivity contribution is 7.89. The summed E-state index contributed by atoms with van der Waals surface area (Å²) in [6.07, 6.45) is 0.188. The first-order valence-corrected chi connectivity index (χ1v) is 7.48. The number of hydrogen-bond donors (Lipinski definition) is 2. The van der Waals surface area contributed by atoms with E-state index in [9.17, 15) is 13.2 Å². The molecule has 0 spiro atoms. The van der Waals surface area contributed by atoms with Crippen LogP contribution in [-0.4, -0.2) is 38.3 Å². The fourth-order valence-electron chi connectivity index (χ4n) is 2.09. The predicted molar refractivity (Wildman–Crippen MR) is 72.0 cm³/mol. The summed E-state index contributed by atoms with van der Waals surface area (Å²) in [5.74, 6) is -0.119. The largest absolute Gasteiger partial charge is 0.399 e. The summed E-state index contributed by atoms with van der Waals surface area (Å²) >= 11 is 0. The molecule has 1 aromatic carbocycles. The van der Waals surface area contributed by atoms with Crippen molar-refractivity contribution in [2.24, 2.45) is 0 Å². The molecule has 0 aliphatic carbocycles. The molecule has 0 aromatic heterocycles. The van der Waals surface area contributed by atoms with Crippen LogP contribution in [0.3, 0.4) is 0 Å². The highest BCUT2D eigenvalue weighted by Crippen LogP contribution is 2.22. The Morgan fingerprint density at radius 2 is 2.05 bits per heavy atom. The first-order valence-electron chi connectivity index (χ1n) is 6.04. The number of nitrogens with two attached hydrogens (primary N) is 1. The maximum atomic E-state index is 12.5. The Labute approximate surface area is 112 Å². The Bertz CT molecular complexity index is 598. The molecule has 1 aliphatic rings. The van der Waals surface area contributed by atoms with E-state index in [4.69, 9.17) is 5.73 Å². The Balaban J connectivity index is 2.33. The van der Waals surface area contributed by atoms with E-state index < -0.39 is 10.0 Å². The van der Waals surface area contributed by atoms with Gasteiger partial charge in [0.2, 0.25) is 15.9 Å². The molecular formula is C12H17N3O3S. The molecule has 0 bridgehead atoms. The van der Waals surface area contributed by atoms with Crippen LogP contribution in [0.5, 0.6) is 0 Å². The maximum absolute atomic E-state index is 12.5. The number of sulfonamides is 1. The Morgan fingerprint density at radius 3 is 2.74 bits per heavy atom. The number of rotatable bonds is 2. The number of nitrogens with zero attached hydrogens (tertiary/aromatic N) is 1. The number of nitrogens with one attached hydrogen (secondary N) is 1. The molecule has 19 heavy (non-hydrogen) atoms. The third kappa shape index (κ3) is 2.87. The molecule has 1 amide bonds. The van der Waals surface area contributed by atoms with Gasteiger partial charge < -0.3 is 11.1 Å². The molecule has 3 N–H and O–H groups in total. The molecule has 104 valence electrons. The molecule has 0 atom stereocenters. The molecule has 1 aliphatic heterocycles. The van der Waals surface area contributed by atoms with Crippen molar-refractivity contribution in [1.82, 2.24) is 9.62 Å². The van der Waals surface area contributed by atoms with Gasteiger partial charge in [0.15, 0.2) is 0 Å². The van der Waals surface area contributed by atoms with Crippen LogP contribution in [0.4, 0.5) is 5.69 Å². The van der Waals surface area contributed by atoms with Crippen molar-refractivity contribution in [2.75, 3.05) is 25.4 Å². The van der Waals surface area contributed by atoms with Crippen LogP contribution in [0.15, 0.2) is 23.1 Å². The predicted octanol–water partition coefficient (Wildman–Crippen LogP) is 0.0878. The van der Waals surface area contributed by atoms with E-state index in [0.717, 1.165) is 0 Å². The van der Waals surface area contributed by atoms with Crippen LogP contribution in [0, 0.1) is 6.92 Å². The first kappa shape index (κ1) is 13.8. The minimum Gasteiger partial charge on any atom is -0.399 e. The fraction of sp³-hybridized carbons (Fsp3) is 0.417. The number of benzene rings is 1. The SMILES string of the molecule is Cc1cc(N)ccc1S(=O)(=O)N1CCNC(=O)CC1. The van der Waals surface area contributed by atoms with Crippen molar-refractivity contribution < 1.29 is 13.2 Å². The van der Waals surface area contributed by atoms with E-state index in [0.29, 0.717) is 17.8 Å². The zero-order valence-electron chi connectivity index (χ0n) is 10.7. The van der Waals surface area contributed by atoms with Crippen molar-refractivity contribution in [3.05, 3.63) is 23.8 Å². The Kier molecular flexibility index (Phi) is 3.77. The van der Waals surface area contributed by atoms with Crippen LogP contribution in [0.1, 0.15) is 12.0 Å². The van der Waals surface area contributed by atoms with Gasteiger partial charge in [-0.1, -0.05) is 0 Å². The molecule has 1 fully saturated rings. The summed E-state index contributed by atoms with van der Waals surface area (Å²) in [7, 11) is -3.57. The van der Waals surface area contributed by atoms with Gasteiger partial charge in [0.1, 0.15) is 0 Å². The topological polar surface area (TPSA) is 92.5 Å². The standard InChI is InChI=1S/C12H17N3O3S/c1-9-8-10(13)2-3-11(9)19(17,18)15-6-4-12(16)14-5-7-15/h2-3,8H,4-7,13H2,1H3,(H,14,16). The van der Waals surface area contributed by atoms with Gasteiger partial charge in [-0.25, -0.2) is 8.42 Å². The van der Waals surface area contributed by atoms with Crippen LogP contribution >= 0.6 is 0 Å². The molecular weight excluding hydrogens is 266 g/mol. The number of nitrogen functional groups attached to an aromatic ring is 1. The normalized spacial score (nSPS) is 17.8. The molecule has 1 aromatic rings. The molecule has 0 unspecified atom stereocenters. The summed E-state index contributed by atoms with van der Waals surface area (Å²) in [6.45, 7) is 2.55. The van der Waals surface area contributed by atoms with Crippen molar-refractivity contribution >= 4 is 21.6 Å². The van der Waals surface area contributed by atoms with E-state index in [-0.39, 0.29) is 30.3 Å². The third-order valence-corrected chi connectivity index (χ3v) is 5.15. The fourth-order valence-corrected chi connectivity index (χ4v) is 3.74. The number of amides is 1. The van der Waals surface area contributed by atoms with Crippen LogP contribution < -0.4 is 11.1 Å². The molecule has 2 rings (SSSR count). The second kappa shape index (κ2) is 5.18. The molecule has 1 heterocycles. The maximum Gasteiger partial charge on any atom is 0.243 e. The minimum atomic E-state index is -3.57. The van der Waals surface area contributed by atoms with Gasteiger partial charge in [0.05, 0.1) is 4.90 Å². The van der Waals surface area contributed by atoms with Crippen LogP contribution in [0.2, 0.25) is 0 Å². The molecule has 7 heteroatoms. The lowest BCUT2D eigenvalue weighted by Crippen LogP contribution is -2.34. The summed E-state index contributed by atoms with van der Waals surface area (Å²) in [4.78, 5) is 11.5. The quantitative estimate of drug-likeness (QED) is 0.752. The number of anilines is 1. The number of aryl methyl sites for hydroxylation is 1. The van der Waals surface area contributed by atoms with E-state index in [1.54, 1.807) is 19.1 Å². The Hall–Kier alpha value is -1.60. The zero-order valence-corrected chi connectivity index (χ0v) is 11.5. The molecule has 1 saturated heterocycles. The summed E-state index contributed by atoms with van der Waals surface area (Å²) in [5.41, 5.74) is 6.78. The van der Waals surface area contributed by atoms with Gasteiger partial charge in [-0.05, 0) is 30.7 Å². The highest BCUT2D eigenvalue weighted by atomic mass is 32.2. The second-order valence-corrected chi connectivity index (χ2v) is 6.44. The van der Waals surface area contributed by atoms with Crippen LogP contribution in [-0.2, 0) is 14.8 Å². The second-order valence-electron chi connectivity index (χ2n) is 4.53. The van der Waals surface area contributed by atoms with E-state index in [1.165, 1.54) is 10.4 Å². The first-order chi connectivity index (χ1) is 8.91. The van der Waals surface area contributed by atoms with Gasteiger partial charge in [-0.3, -0.25) is 4.79 Å². The molecule has 6 nitrogen and oxygen atoms in total. The molecule has 0 radical (unpaired) electrons. The van der Waals surface area contributed by atoms with E-state index in [2.05, 4.69) is 5.32 Å². The lowest BCUT2D eigenvalue weighted by Gasteiger charge is -2.20. The van der Waals surface area contributed by atoms with Gasteiger partial charge >= 0.3 is 0 Å². The van der Waals surface area contributed by atoms with Gasteiger partial charge in [-0.15, -0.1) is 0 Å². The third-order valence-electron chi connectivity index (χ3n) is 3.09. The van der Waals surface area contributed by atoms with Crippen molar-refractivity contribution in [1.29, 1.82) is 0 Å². The van der Waals surface area contributed by atoms with Gasteiger partial charge in [0.25, 0.3) is 0 Å². The lowest BCUT2D eigenvalue weighted by molar-refractivity contribution is -0.120. The monoisotopic (exact) mass is 283 g/mol. The summed E-state index contributed by atoms with van der Waals surface area (Å²) in [5, 5.41) is 2.66. The average molecular weight is 283 g/mol. The minimum absolute atomic E-state index is 0.119. The molecule has 0 saturated carbocycles. The number of carbonyl (C=O) groups excluding carboxylic acids is 1. The average Bonchev–Trinajstić information content (AvgIpc) is 2.53. The van der Waals surface area contributed by atoms with Crippen molar-refractivity contribution in [3.63, 3.8) is 0 Å². The zero-order chi connectivity index (χ0) is 14.0. The summed E-state index contributed by atoms with van der Waals surface area (Å²) in [6, 6.07) is 4.72. The van der Waals surface area contributed by atoms with Crippen molar-refractivity contribution in [3.8, 4) is 0 Å². The van der Waals surface area contributed by atoms with Gasteiger partial charge in [-0.2, -0.15) is 4.31 Å².